The fourth-order valence-corrected chi connectivity index (χ4v) is 3.09. The number of ether oxygens (including phenoxy) is 2. The van der Waals surface area contributed by atoms with Gasteiger partial charge in [0.1, 0.15) is 10.6 Å². The van der Waals surface area contributed by atoms with Crippen molar-refractivity contribution >= 4 is 28.3 Å². The highest BCUT2D eigenvalue weighted by atomic mass is 32.1. The quantitative estimate of drug-likeness (QED) is 0.648. The van der Waals surface area contributed by atoms with Gasteiger partial charge in [-0.15, -0.1) is 0 Å². The highest BCUT2D eigenvalue weighted by Crippen LogP contribution is 2.23. The molecule has 0 saturated carbocycles. The third-order valence-electron chi connectivity index (χ3n) is 3.71. The Morgan fingerprint density at radius 1 is 1.22 bits per heavy atom. The van der Waals surface area contributed by atoms with Crippen LogP contribution in [0.4, 0.5) is 5.13 Å². The summed E-state index contributed by atoms with van der Waals surface area (Å²) in [5, 5.41) is 3.10. The van der Waals surface area contributed by atoms with Gasteiger partial charge in [-0.25, -0.2) is 9.78 Å². The van der Waals surface area contributed by atoms with E-state index in [1.54, 1.807) is 6.92 Å². The molecular formula is C20H26N2O4S. The summed E-state index contributed by atoms with van der Waals surface area (Å²) in [6, 6.07) is 7.81. The van der Waals surface area contributed by atoms with Crippen molar-refractivity contribution in [2.45, 2.75) is 40.5 Å². The molecule has 6 nitrogen and oxygen atoms in total. The van der Waals surface area contributed by atoms with E-state index in [1.807, 2.05) is 38.1 Å². The molecule has 0 spiro atoms. The Labute approximate surface area is 163 Å². The van der Waals surface area contributed by atoms with Crippen LogP contribution in [0.5, 0.6) is 5.75 Å². The SMILES string of the molecule is CCc1ccc(OCCC(=O)Nc2nc(C)c(C(=O)OCC(C)C)s2)cc1. The maximum Gasteiger partial charge on any atom is 0.350 e. The normalized spacial score (nSPS) is 10.7. The molecule has 1 amide bonds. The van der Waals surface area contributed by atoms with Crippen LogP contribution in [0.25, 0.3) is 0 Å². The number of benzene rings is 1. The number of rotatable bonds is 9. The van der Waals surface area contributed by atoms with Crippen molar-refractivity contribution in [1.82, 2.24) is 4.98 Å². The van der Waals surface area contributed by atoms with E-state index >= 15 is 0 Å². The molecule has 0 aliphatic rings. The molecule has 146 valence electrons. The topological polar surface area (TPSA) is 77.5 Å². The van der Waals surface area contributed by atoms with Crippen LogP contribution in [0.1, 0.15) is 48.1 Å². The molecule has 0 saturated heterocycles. The lowest BCUT2D eigenvalue weighted by Crippen LogP contribution is -2.15. The minimum atomic E-state index is -0.405. The Hall–Kier alpha value is -2.41. The second-order valence-corrected chi connectivity index (χ2v) is 7.57. The summed E-state index contributed by atoms with van der Waals surface area (Å²) in [6.45, 7) is 8.38. The van der Waals surface area contributed by atoms with Crippen molar-refractivity contribution in [3.8, 4) is 5.75 Å². The zero-order valence-corrected chi connectivity index (χ0v) is 17.0. The fourth-order valence-electron chi connectivity index (χ4n) is 2.21. The number of nitrogens with zero attached hydrogens (tertiary/aromatic N) is 1. The highest BCUT2D eigenvalue weighted by molar-refractivity contribution is 7.17. The summed E-state index contributed by atoms with van der Waals surface area (Å²) >= 11 is 1.12. The number of carbonyl (C=O) groups is 2. The number of thiazole rings is 1. The number of nitrogens with one attached hydrogen (secondary N) is 1. The van der Waals surface area contributed by atoms with Crippen LogP contribution in [-0.4, -0.2) is 30.1 Å². The number of amides is 1. The molecule has 0 radical (unpaired) electrons. The van der Waals surface area contributed by atoms with Crippen LogP contribution in [0.15, 0.2) is 24.3 Å². The molecule has 0 unspecified atom stereocenters. The fraction of sp³-hybridized carbons (Fsp3) is 0.450. The average molecular weight is 391 g/mol. The standard InChI is InChI=1S/C20H26N2O4S/c1-5-15-6-8-16(9-7-15)25-11-10-17(23)22-20-21-14(4)18(27-20)19(24)26-12-13(2)3/h6-9,13H,5,10-12H2,1-4H3,(H,21,22,23). The van der Waals surface area contributed by atoms with Gasteiger partial charge in [0.25, 0.3) is 0 Å². The van der Waals surface area contributed by atoms with Crippen LogP contribution in [0.3, 0.4) is 0 Å². The maximum absolute atomic E-state index is 12.1. The van der Waals surface area contributed by atoms with Crippen molar-refractivity contribution in [1.29, 1.82) is 0 Å². The molecule has 0 atom stereocenters. The van der Waals surface area contributed by atoms with Gasteiger partial charge in [-0.3, -0.25) is 4.79 Å². The summed E-state index contributed by atoms with van der Waals surface area (Å²) in [6.07, 6.45) is 1.17. The second kappa shape index (κ2) is 10.1. The van der Waals surface area contributed by atoms with Gasteiger partial charge in [0.2, 0.25) is 5.91 Å². The Balaban J connectivity index is 1.81. The maximum atomic E-state index is 12.1. The van der Waals surface area contributed by atoms with Gasteiger partial charge in [-0.2, -0.15) is 0 Å². The van der Waals surface area contributed by atoms with Crippen LogP contribution in [-0.2, 0) is 16.0 Å². The van der Waals surface area contributed by atoms with Crippen molar-refractivity contribution in [2.24, 2.45) is 5.92 Å². The number of aryl methyl sites for hydroxylation is 2. The third-order valence-corrected chi connectivity index (χ3v) is 4.76. The van der Waals surface area contributed by atoms with Crippen LogP contribution < -0.4 is 10.1 Å². The molecule has 0 aliphatic carbocycles. The zero-order valence-electron chi connectivity index (χ0n) is 16.2. The van der Waals surface area contributed by atoms with Crippen molar-refractivity contribution in [3.05, 3.63) is 40.4 Å². The lowest BCUT2D eigenvalue weighted by molar-refractivity contribution is -0.116. The minimum absolute atomic E-state index is 0.196. The minimum Gasteiger partial charge on any atom is -0.493 e. The Morgan fingerprint density at radius 2 is 1.93 bits per heavy atom. The lowest BCUT2D eigenvalue weighted by atomic mass is 10.2. The van der Waals surface area contributed by atoms with Gasteiger partial charge in [-0.05, 0) is 37.0 Å². The van der Waals surface area contributed by atoms with E-state index < -0.39 is 5.97 Å². The summed E-state index contributed by atoms with van der Waals surface area (Å²) < 4.78 is 10.8. The monoisotopic (exact) mass is 390 g/mol. The number of aromatic nitrogens is 1. The number of carbonyl (C=O) groups excluding carboxylic acids is 2. The number of esters is 1. The molecular weight excluding hydrogens is 364 g/mol. The van der Waals surface area contributed by atoms with E-state index in [4.69, 9.17) is 9.47 Å². The largest absolute Gasteiger partial charge is 0.493 e. The van der Waals surface area contributed by atoms with E-state index in [2.05, 4.69) is 17.2 Å². The predicted molar refractivity (Wildman–Crippen MR) is 107 cm³/mol. The molecule has 0 aliphatic heterocycles. The molecule has 1 heterocycles. The van der Waals surface area contributed by atoms with E-state index in [0.717, 1.165) is 23.5 Å². The zero-order chi connectivity index (χ0) is 19.8. The van der Waals surface area contributed by atoms with Gasteiger partial charge in [0.05, 0.1) is 25.3 Å². The molecule has 2 aromatic rings. The first-order valence-corrected chi connectivity index (χ1v) is 9.86. The number of anilines is 1. The molecule has 1 aromatic heterocycles. The molecule has 27 heavy (non-hydrogen) atoms. The molecule has 0 bridgehead atoms. The Bertz CT molecular complexity index is 769. The summed E-state index contributed by atoms with van der Waals surface area (Å²) in [7, 11) is 0. The molecule has 2 rings (SSSR count). The first kappa shape index (κ1) is 20.9. The van der Waals surface area contributed by atoms with Crippen LogP contribution in [0, 0.1) is 12.8 Å². The van der Waals surface area contributed by atoms with Gasteiger partial charge in [0.15, 0.2) is 5.13 Å². The summed E-state index contributed by atoms with van der Waals surface area (Å²) in [5.41, 5.74) is 1.79. The van der Waals surface area contributed by atoms with Gasteiger partial charge < -0.3 is 14.8 Å². The molecule has 1 N–H and O–H groups in total. The smallest absolute Gasteiger partial charge is 0.350 e. The van der Waals surface area contributed by atoms with Crippen molar-refractivity contribution in [3.63, 3.8) is 0 Å². The van der Waals surface area contributed by atoms with E-state index in [-0.39, 0.29) is 24.9 Å². The Morgan fingerprint density at radius 3 is 2.56 bits per heavy atom. The van der Waals surface area contributed by atoms with E-state index in [9.17, 15) is 9.59 Å². The molecule has 7 heteroatoms. The van der Waals surface area contributed by atoms with Crippen molar-refractivity contribution < 1.29 is 19.1 Å². The highest BCUT2D eigenvalue weighted by Gasteiger charge is 2.18. The number of hydrogen-bond donors (Lipinski definition) is 1. The third kappa shape index (κ3) is 6.67. The van der Waals surface area contributed by atoms with Gasteiger partial charge >= 0.3 is 5.97 Å². The molecule has 1 aromatic carbocycles. The van der Waals surface area contributed by atoms with E-state index in [0.29, 0.717) is 22.3 Å². The Kier molecular flexibility index (Phi) is 7.79. The summed E-state index contributed by atoms with van der Waals surface area (Å²) in [5.74, 6) is 0.383. The first-order chi connectivity index (χ1) is 12.9. The number of hydrogen-bond acceptors (Lipinski definition) is 6. The summed E-state index contributed by atoms with van der Waals surface area (Å²) in [4.78, 5) is 28.8. The van der Waals surface area contributed by atoms with Gasteiger partial charge in [0, 0.05) is 0 Å². The molecule has 0 fully saturated rings. The van der Waals surface area contributed by atoms with Crippen molar-refractivity contribution in [2.75, 3.05) is 18.5 Å². The second-order valence-electron chi connectivity index (χ2n) is 6.57. The van der Waals surface area contributed by atoms with E-state index in [1.165, 1.54) is 5.56 Å². The van der Waals surface area contributed by atoms with Crippen LogP contribution >= 0.6 is 11.3 Å². The predicted octanol–water partition coefficient (Wildman–Crippen LogP) is 4.23. The first-order valence-electron chi connectivity index (χ1n) is 9.05. The van der Waals surface area contributed by atoms with Gasteiger partial charge in [-0.1, -0.05) is 44.2 Å². The van der Waals surface area contributed by atoms with Crippen LogP contribution in [0.2, 0.25) is 0 Å². The lowest BCUT2D eigenvalue weighted by Gasteiger charge is -2.06. The average Bonchev–Trinajstić information content (AvgIpc) is 3.00.